The molecule has 1 unspecified atom stereocenters. The van der Waals surface area contributed by atoms with Crippen molar-refractivity contribution in [3.63, 3.8) is 0 Å². The molecule has 6 rings (SSSR count). The van der Waals surface area contributed by atoms with Crippen LogP contribution in [-0.4, -0.2) is 46.5 Å². The Morgan fingerprint density at radius 2 is 1.97 bits per heavy atom. The summed E-state index contributed by atoms with van der Waals surface area (Å²) in [6, 6.07) is 13.4. The van der Waals surface area contributed by atoms with Crippen molar-refractivity contribution in [3.8, 4) is 0 Å². The summed E-state index contributed by atoms with van der Waals surface area (Å²) < 4.78 is 0. The SMILES string of the molecule is O=C(c1ccc(=O)[nH]c1)N(c1ncc(Cc2ccccc2)s1)C1CN2CCC1CC2. The number of thiazole rings is 1. The number of nitrogens with one attached hydrogen (secondary N) is 1. The lowest BCUT2D eigenvalue weighted by Gasteiger charge is -2.48. The Morgan fingerprint density at radius 3 is 2.63 bits per heavy atom. The summed E-state index contributed by atoms with van der Waals surface area (Å²) in [6.45, 7) is 3.10. The number of anilines is 1. The van der Waals surface area contributed by atoms with Crippen LogP contribution in [0.4, 0.5) is 5.13 Å². The smallest absolute Gasteiger partial charge is 0.261 e. The van der Waals surface area contributed by atoms with Crippen molar-refractivity contribution in [1.82, 2.24) is 14.9 Å². The molecule has 2 aromatic heterocycles. The van der Waals surface area contributed by atoms with Gasteiger partial charge in [-0.25, -0.2) is 4.98 Å². The first-order valence-corrected chi connectivity index (χ1v) is 11.2. The molecule has 1 atom stereocenters. The zero-order valence-electron chi connectivity index (χ0n) is 16.7. The number of hydrogen-bond donors (Lipinski definition) is 1. The van der Waals surface area contributed by atoms with Crippen LogP contribution in [0.1, 0.15) is 33.6 Å². The summed E-state index contributed by atoms with van der Waals surface area (Å²) in [5.41, 5.74) is 1.51. The molecule has 0 spiro atoms. The Morgan fingerprint density at radius 1 is 1.17 bits per heavy atom. The van der Waals surface area contributed by atoms with Gasteiger partial charge in [-0.15, -0.1) is 11.3 Å². The number of aromatic nitrogens is 2. The highest BCUT2D eigenvalue weighted by Gasteiger charge is 2.41. The molecule has 6 nitrogen and oxygen atoms in total. The number of carbonyl (C=O) groups is 1. The molecule has 1 aromatic carbocycles. The molecule has 2 bridgehead atoms. The maximum atomic E-state index is 13.6. The Kier molecular flexibility index (Phi) is 5.23. The van der Waals surface area contributed by atoms with Crippen LogP contribution >= 0.6 is 11.3 Å². The monoisotopic (exact) mass is 420 g/mol. The third kappa shape index (κ3) is 3.82. The number of piperidine rings is 3. The van der Waals surface area contributed by atoms with Crippen molar-refractivity contribution in [2.75, 3.05) is 24.5 Å². The minimum atomic E-state index is -0.208. The second-order valence-electron chi connectivity index (χ2n) is 8.09. The summed E-state index contributed by atoms with van der Waals surface area (Å²) in [6.07, 6.45) is 6.43. The largest absolute Gasteiger partial charge is 0.328 e. The van der Waals surface area contributed by atoms with Crippen LogP contribution < -0.4 is 10.5 Å². The van der Waals surface area contributed by atoms with Crippen molar-refractivity contribution in [2.45, 2.75) is 25.3 Å². The van der Waals surface area contributed by atoms with Crippen LogP contribution in [0.25, 0.3) is 0 Å². The predicted octanol–water partition coefficient (Wildman–Crippen LogP) is 3.16. The highest BCUT2D eigenvalue weighted by atomic mass is 32.1. The number of amides is 1. The third-order valence-corrected chi connectivity index (χ3v) is 7.17. The summed E-state index contributed by atoms with van der Waals surface area (Å²) in [5, 5.41) is 0.746. The molecule has 30 heavy (non-hydrogen) atoms. The normalized spacial score (nSPS) is 22.7. The van der Waals surface area contributed by atoms with E-state index in [0.29, 0.717) is 11.5 Å². The van der Waals surface area contributed by atoms with Crippen LogP contribution in [0.3, 0.4) is 0 Å². The Balaban J connectivity index is 1.47. The van der Waals surface area contributed by atoms with E-state index in [2.05, 4.69) is 27.0 Å². The standard InChI is InChI=1S/C23H24N4O2S/c28-21-7-6-18(13-24-21)22(29)27(20-15-26-10-8-17(20)9-11-26)23-25-14-19(30-23)12-16-4-2-1-3-5-16/h1-7,13-14,17,20H,8-12,15H2,(H,24,28). The van der Waals surface area contributed by atoms with Crippen molar-refractivity contribution >= 4 is 22.4 Å². The number of benzene rings is 1. The number of pyridine rings is 1. The Bertz CT molecular complexity index is 1070. The van der Waals surface area contributed by atoms with Gasteiger partial charge >= 0.3 is 0 Å². The molecule has 0 aliphatic carbocycles. The van der Waals surface area contributed by atoms with Gasteiger partial charge < -0.3 is 9.88 Å². The van der Waals surface area contributed by atoms with Gasteiger partial charge in [0.25, 0.3) is 5.91 Å². The maximum absolute atomic E-state index is 13.6. The van der Waals surface area contributed by atoms with Gasteiger partial charge in [-0.2, -0.15) is 0 Å². The lowest BCUT2D eigenvalue weighted by molar-refractivity contribution is 0.0734. The summed E-state index contributed by atoms with van der Waals surface area (Å²) in [7, 11) is 0. The maximum Gasteiger partial charge on any atom is 0.261 e. The van der Waals surface area contributed by atoms with Crippen LogP contribution in [-0.2, 0) is 6.42 Å². The zero-order chi connectivity index (χ0) is 20.5. The van der Waals surface area contributed by atoms with E-state index in [1.54, 1.807) is 17.4 Å². The molecule has 3 fully saturated rings. The van der Waals surface area contributed by atoms with Crippen LogP contribution in [0, 0.1) is 5.92 Å². The average Bonchev–Trinajstić information content (AvgIpc) is 3.24. The zero-order valence-corrected chi connectivity index (χ0v) is 17.5. The van der Waals surface area contributed by atoms with Crippen LogP contribution in [0.15, 0.2) is 59.7 Å². The minimum absolute atomic E-state index is 0.0920. The minimum Gasteiger partial charge on any atom is -0.328 e. The predicted molar refractivity (Wildman–Crippen MR) is 118 cm³/mol. The Hall–Kier alpha value is -2.77. The number of fused-ring (bicyclic) bond motifs is 3. The number of H-pyrrole nitrogens is 1. The molecule has 154 valence electrons. The lowest BCUT2D eigenvalue weighted by atomic mass is 9.83. The van der Waals surface area contributed by atoms with E-state index in [0.717, 1.165) is 48.9 Å². The van der Waals surface area contributed by atoms with E-state index in [-0.39, 0.29) is 17.5 Å². The molecule has 3 aromatic rings. The average molecular weight is 421 g/mol. The van der Waals surface area contributed by atoms with E-state index in [4.69, 9.17) is 0 Å². The van der Waals surface area contributed by atoms with Gasteiger partial charge in [0.1, 0.15) is 0 Å². The number of nitrogens with zero attached hydrogens (tertiary/aromatic N) is 3. The molecule has 3 saturated heterocycles. The van der Waals surface area contributed by atoms with Crippen molar-refractivity contribution < 1.29 is 4.79 Å². The number of hydrogen-bond acceptors (Lipinski definition) is 5. The molecule has 5 heterocycles. The molecule has 1 N–H and O–H groups in total. The van der Waals surface area contributed by atoms with Crippen molar-refractivity contribution in [1.29, 1.82) is 0 Å². The van der Waals surface area contributed by atoms with E-state index < -0.39 is 0 Å². The van der Waals surface area contributed by atoms with Gasteiger partial charge in [0.05, 0.1) is 11.6 Å². The Labute approximate surface area is 179 Å². The molecule has 0 radical (unpaired) electrons. The fourth-order valence-corrected chi connectivity index (χ4v) is 5.58. The number of carbonyl (C=O) groups excluding carboxylic acids is 1. The first-order valence-electron chi connectivity index (χ1n) is 10.4. The van der Waals surface area contributed by atoms with E-state index in [1.807, 2.05) is 29.3 Å². The molecule has 1 amide bonds. The van der Waals surface area contributed by atoms with E-state index in [1.165, 1.54) is 17.8 Å². The third-order valence-electron chi connectivity index (χ3n) is 6.17. The van der Waals surface area contributed by atoms with Gasteiger partial charge in [-0.05, 0) is 43.5 Å². The molecule has 3 aliphatic heterocycles. The van der Waals surface area contributed by atoms with Gasteiger partial charge in [-0.1, -0.05) is 30.3 Å². The highest BCUT2D eigenvalue weighted by Crippen LogP contribution is 2.36. The fraction of sp³-hybridized carbons (Fsp3) is 0.348. The number of rotatable bonds is 5. The molecular formula is C23H24N4O2S. The van der Waals surface area contributed by atoms with Gasteiger partial charge in [-0.3, -0.25) is 14.5 Å². The van der Waals surface area contributed by atoms with Gasteiger partial charge in [0.15, 0.2) is 5.13 Å². The van der Waals surface area contributed by atoms with E-state index in [9.17, 15) is 9.59 Å². The highest BCUT2D eigenvalue weighted by molar-refractivity contribution is 7.15. The van der Waals surface area contributed by atoms with Gasteiger partial charge in [0.2, 0.25) is 5.56 Å². The first-order chi connectivity index (χ1) is 14.7. The molecular weight excluding hydrogens is 396 g/mol. The topological polar surface area (TPSA) is 69.3 Å². The van der Waals surface area contributed by atoms with Crippen molar-refractivity contribution in [2.24, 2.45) is 5.92 Å². The second kappa shape index (κ2) is 8.16. The van der Waals surface area contributed by atoms with Crippen molar-refractivity contribution in [3.05, 3.63) is 81.2 Å². The molecule has 3 aliphatic rings. The fourth-order valence-electron chi connectivity index (χ4n) is 4.58. The molecule has 7 heteroatoms. The van der Waals surface area contributed by atoms with Crippen LogP contribution in [0.2, 0.25) is 0 Å². The quantitative estimate of drug-likeness (QED) is 0.688. The summed E-state index contributed by atoms with van der Waals surface area (Å²) in [5.74, 6) is 0.397. The summed E-state index contributed by atoms with van der Waals surface area (Å²) in [4.78, 5) is 37.8. The summed E-state index contributed by atoms with van der Waals surface area (Å²) >= 11 is 1.59. The van der Waals surface area contributed by atoms with Gasteiger partial charge in [0, 0.05) is 36.3 Å². The lowest BCUT2D eigenvalue weighted by Crippen LogP contribution is -2.59. The number of aromatic amines is 1. The first kappa shape index (κ1) is 19.2. The van der Waals surface area contributed by atoms with Crippen LogP contribution in [0.5, 0.6) is 0 Å². The van der Waals surface area contributed by atoms with E-state index >= 15 is 0 Å². The molecule has 0 saturated carbocycles. The second-order valence-corrected chi connectivity index (χ2v) is 9.19.